The van der Waals surface area contributed by atoms with Crippen LogP contribution in [0.1, 0.15) is 26.3 Å². The third kappa shape index (κ3) is 5.10. The number of ether oxygens (including phenoxy) is 2. The summed E-state index contributed by atoms with van der Waals surface area (Å²) in [4.78, 5) is 16.3. The molecule has 158 valence electrons. The van der Waals surface area contributed by atoms with Gasteiger partial charge in [-0.2, -0.15) is 5.26 Å². The molecule has 0 radical (unpaired) electrons. The third-order valence-electron chi connectivity index (χ3n) is 4.95. The number of hydrogen-bond acceptors (Lipinski definition) is 6. The second-order valence-electron chi connectivity index (χ2n) is 8.28. The molecule has 1 amide bonds. The van der Waals surface area contributed by atoms with Gasteiger partial charge in [0.1, 0.15) is 12.3 Å². The van der Waals surface area contributed by atoms with Crippen LogP contribution in [0.15, 0.2) is 12.1 Å². The molecule has 0 aliphatic carbocycles. The molecular formula is C20H26ClFN4O3. The predicted molar refractivity (Wildman–Crippen MR) is 109 cm³/mol. The van der Waals surface area contributed by atoms with Gasteiger partial charge in [-0.25, -0.2) is 9.18 Å². The Bertz CT molecular complexity index is 804. The van der Waals surface area contributed by atoms with E-state index in [0.717, 1.165) is 0 Å². The van der Waals surface area contributed by atoms with Gasteiger partial charge in [-0.05, 0) is 32.9 Å². The zero-order valence-corrected chi connectivity index (χ0v) is 17.6. The second-order valence-corrected chi connectivity index (χ2v) is 8.66. The van der Waals surface area contributed by atoms with Crippen molar-refractivity contribution in [3.8, 4) is 6.07 Å². The zero-order valence-electron chi connectivity index (χ0n) is 16.9. The normalized spacial score (nSPS) is 20.7. The van der Waals surface area contributed by atoms with E-state index in [0.29, 0.717) is 54.8 Å². The molecule has 2 saturated heterocycles. The summed E-state index contributed by atoms with van der Waals surface area (Å²) in [5, 5.41) is 12.3. The minimum absolute atomic E-state index is 0.253. The number of benzene rings is 1. The Morgan fingerprint density at radius 3 is 2.69 bits per heavy atom. The molecule has 1 atom stereocenters. The molecule has 1 unspecified atom stereocenters. The average molecular weight is 425 g/mol. The molecule has 0 saturated carbocycles. The molecule has 1 aromatic carbocycles. The lowest BCUT2D eigenvalue weighted by atomic mass is 10.1. The van der Waals surface area contributed by atoms with Crippen molar-refractivity contribution in [1.29, 1.82) is 5.26 Å². The number of hydrogen-bond donors (Lipinski definition) is 1. The van der Waals surface area contributed by atoms with E-state index in [1.54, 1.807) is 26.8 Å². The minimum Gasteiger partial charge on any atom is -0.444 e. The number of anilines is 2. The molecule has 0 aromatic heterocycles. The van der Waals surface area contributed by atoms with E-state index in [9.17, 15) is 14.4 Å². The highest BCUT2D eigenvalue weighted by Crippen LogP contribution is 2.36. The number of alkyl halides is 1. The van der Waals surface area contributed by atoms with Crippen molar-refractivity contribution in [2.24, 2.45) is 0 Å². The van der Waals surface area contributed by atoms with Crippen LogP contribution in [0.5, 0.6) is 0 Å². The topological polar surface area (TPSA) is 77.8 Å². The van der Waals surface area contributed by atoms with Gasteiger partial charge in [0.15, 0.2) is 0 Å². The molecule has 1 aromatic rings. The van der Waals surface area contributed by atoms with Gasteiger partial charge < -0.3 is 14.4 Å². The number of nitrogens with one attached hydrogen (secondary N) is 1. The predicted octanol–water partition coefficient (Wildman–Crippen LogP) is 3.42. The fourth-order valence-electron chi connectivity index (χ4n) is 3.53. The molecule has 7 nitrogen and oxygen atoms in total. The standard InChI is InChI=1S/C20H26ClFN4O3/c1-20(2,3)29-19(27)24-16-6-13(9-23)7-17(18(16)21)25-4-5-26(14(8-22)10-25)15-11-28-12-15/h6-7,14-15H,4-5,8,10-12H2,1-3H3,(H,24,27). The van der Waals surface area contributed by atoms with Crippen LogP contribution in [0.4, 0.5) is 20.6 Å². The Labute approximate surface area is 175 Å². The quantitative estimate of drug-likeness (QED) is 0.798. The SMILES string of the molecule is CC(C)(C)OC(=O)Nc1cc(C#N)cc(N2CCN(C3COC3)C(CF)C2)c1Cl. The van der Waals surface area contributed by atoms with Crippen LogP contribution < -0.4 is 10.2 Å². The monoisotopic (exact) mass is 424 g/mol. The summed E-state index contributed by atoms with van der Waals surface area (Å²) in [7, 11) is 0. The molecule has 2 fully saturated rings. The van der Waals surface area contributed by atoms with Crippen molar-refractivity contribution in [2.45, 2.75) is 38.5 Å². The van der Waals surface area contributed by atoms with Gasteiger partial charge in [0.2, 0.25) is 0 Å². The number of carbonyl (C=O) groups excluding carboxylic acids is 1. The van der Waals surface area contributed by atoms with Gasteiger partial charge in [-0.15, -0.1) is 0 Å². The Morgan fingerprint density at radius 1 is 1.41 bits per heavy atom. The van der Waals surface area contributed by atoms with Crippen LogP contribution in [0.2, 0.25) is 5.02 Å². The maximum atomic E-state index is 13.7. The maximum absolute atomic E-state index is 13.7. The summed E-state index contributed by atoms with van der Waals surface area (Å²) in [5.41, 5.74) is 0.575. The van der Waals surface area contributed by atoms with Crippen molar-refractivity contribution < 1.29 is 18.7 Å². The largest absolute Gasteiger partial charge is 0.444 e. The van der Waals surface area contributed by atoms with E-state index in [1.807, 2.05) is 4.90 Å². The van der Waals surface area contributed by atoms with Gasteiger partial charge >= 0.3 is 6.09 Å². The molecule has 2 aliphatic heterocycles. The molecular weight excluding hydrogens is 399 g/mol. The van der Waals surface area contributed by atoms with E-state index in [1.165, 1.54) is 6.07 Å². The molecule has 3 rings (SSSR count). The van der Waals surface area contributed by atoms with Crippen LogP contribution in [-0.4, -0.2) is 68.2 Å². The molecule has 9 heteroatoms. The first kappa shape index (κ1) is 21.6. The maximum Gasteiger partial charge on any atom is 0.412 e. The van der Waals surface area contributed by atoms with Gasteiger partial charge in [0.25, 0.3) is 0 Å². The molecule has 29 heavy (non-hydrogen) atoms. The van der Waals surface area contributed by atoms with Crippen LogP contribution in [0, 0.1) is 11.3 Å². The first-order valence-electron chi connectivity index (χ1n) is 9.60. The fourth-order valence-corrected chi connectivity index (χ4v) is 3.81. The third-order valence-corrected chi connectivity index (χ3v) is 5.35. The smallest absolute Gasteiger partial charge is 0.412 e. The lowest BCUT2D eigenvalue weighted by Crippen LogP contribution is -2.62. The van der Waals surface area contributed by atoms with Crippen molar-refractivity contribution in [1.82, 2.24) is 4.90 Å². The molecule has 0 spiro atoms. The summed E-state index contributed by atoms with van der Waals surface area (Å²) in [6.45, 7) is 7.80. The number of nitrogens with zero attached hydrogens (tertiary/aromatic N) is 3. The van der Waals surface area contributed by atoms with E-state index >= 15 is 0 Å². The van der Waals surface area contributed by atoms with Gasteiger partial charge in [-0.1, -0.05) is 11.6 Å². The average Bonchev–Trinajstić information content (AvgIpc) is 2.60. The van der Waals surface area contributed by atoms with Crippen molar-refractivity contribution >= 4 is 29.1 Å². The zero-order chi connectivity index (χ0) is 21.2. The summed E-state index contributed by atoms with van der Waals surface area (Å²) < 4.78 is 24.2. The molecule has 0 bridgehead atoms. The highest BCUT2D eigenvalue weighted by molar-refractivity contribution is 6.36. The highest BCUT2D eigenvalue weighted by Gasteiger charge is 2.36. The number of nitriles is 1. The van der Waals surface area contributed by atoms with Crippen molar-refractivity contribution in [3.05, 3.63) is 22.7 Å². The minimum atomic E-state index is -0.665. The molecule has 2 heterocycles. The Balaban J connectivity index is 1.81. The first-order chi connectivity index (χ1) is 13.7. The lowest BCUT2D eigenvalue weighted by Gasteiger charge is -2.47. The number of carbonyl (C=O) groups is 1. The van der Waals surface area contributed by atoms with Crippen LogP contribution in [-0.2, 0) is 9.47 Å². The Morgan fingerprint density at radius 2 is 2.14 bits per heavy atom. The number of piperazine rings is 1. The summed E-state index contributed by atoms with van der Waals surface area (Å²) in [5.74, 6) is 0. The van der Waals surface area contributed by atoms with E-state index in [4.69, 9.17) is 21.1 Å². The fraction of sp³-hybridized carbons (Fsp3) is 0.600. The van der Waals surface area contributed by atoms with Gasteiger partial charge in [0.05, 0.1) is 53.3 Å². The number of rotatable bonds is 4. The molecule has 1 N–H and O–H groups in total. The van der Waals surface area contributed by atoms with E-state index < -0.39 is 18.4 Å². The van der Waals surface area contributed by atoms with Crippen LogP contribution in [0.25, 0.3) is 0 Å². The summed E-state index contributed by atoms with van der Waals surface area (Å²) in [6, 6.07) is 5.24. The van der Waals surface area contributed by atoms with E-state index in [-0.39, 0.29) is 12.1 Å². The van der Waals surface area contributed by atoms with Crippen LogP contribution >= 0.6 is 11.6 Å². The van der Waals surface area contributed by atoms with E-state index in [2.05, 4.69) is 16.3 Å². The second kappa shape index (κ2) is 8.74. The number of amides is 1. The lowest BCUT2D eigenvalue weighted by molar-refractivity contribution is -0.0842. The van der Waals surface area contributed by atoms with Gasteiger partial charge in [0, 0.05) is 19.6 Å². The number of halogens is 2. The Hall–Kier alpha value is -2.08. The van der Waals surface area contributed by atoms with Gasteiger partial charge in [-0.3, -0.25) is 10.2 Å². The highest BCUT2D eigenvalue weighted by atomic mass is 35.5. The van der Waals surface area contributed by atoms with Crippen LogP contribution in [0.3, 0.4) is 0 Å². The Kier molecular flexibility index (Phi) is 6.52. The van der Waals surface area contributed by atoms with Crippen molar-refractivity contribution in [2.75, 3.05) is 49.7 Å². The first-order valence-corrected chi connectivity index (χ1v) is 9.97. The van der Waals surface area contributed by atoms with Crippen molar-refractivity contribution in [3.63, 3.8) is 0 Å². The summed E-state index contributed by atoms with van der Waals surface area (Å²) in [6.07, 6.45) is -0.656. The molecule has 2 aliphatic rings. The summed E-state index contributed by atoms with van der Waals surface area (Å²) >= 11 is 6.57.